The third-order valence-corrected chi connectivity index (χ3v) is 12.9. The van der Waals surface area contributed by atoms with Gasteiger partial charge in [-0.15, -0.1) is 0 Å². The van der Waals surface area contributed by atoms with Gasteiger partial charge in [0.1, 0.15) is 11.6 Å². The van der Waals surface area contributed by atoms with Gasteiger partial charge in [-0.3, -0.25) is 4.79 Å². The molecule has 35 heavy (non-hydrogen) atoms. The van der Waals surface area contributed by atoms with Gasteiger partial charge in [-0.25, -0.2) is 9.00 Å². The molecule has 3 atom stereocenters. The molecule has 1 aromatic carbocycles. The number of carbonyl (C=O) groups excluding carboxylic acids is 2. The summed E-state index contributed by atoms with van der Waals surface area (Å²) in [7, 11) is -3.65. The molecule has 7 nitrogen and oxygen atoms in total. The lowest BCUT2D eigenvalue weighted by molar-refractivity contribution is -0.131. The molecular formula is C26H40N2O5SSi. The molecule has 0 aliphatic carbocycles. The average Bonchev–Trinajstić information content (AvgIpc) is 3.11. The summed E-state index contributed by atoms with van der Waals surface area (Å²) in [5.41, 5.74) is 1.10. The van der Waals surface area contributed by atoms with E-state index in [0.717, 1.165) is 5.56 Å². The largest absolute Gasteiger partial charge is 0.444 e. The molecule has 1 N–H and O–H groups in total. The van der Waals surface area contributed by atoms with E-state index in [1.165, 1.54) is 0 Å². The molecule has 9 heteroatoms. The number of alkyl carbamates (subject to hydrolysis) is 1. The predicted molar refractivity (Wildman–Crippen MR) is 141 cm³/mol. The number of rotatable bonds is 5. The number of hydrogen-bond donors (Lipinski definition) is 1. The number of fused-ring (bicyclic) bond motifs is 1. The van der Waals surface area contributed by atoms with Gasteiger partial charge in [-0.1, -0.05) is 38.5 Å². The molecule has 2 amide bonds. The molecule has 0 radical (unpaired) electrons. The highest BCUT2D eigenvalue weighted by Crippen LogP contribution is 2.43. The Kier molecular flexibility index (Phi) is 7.75. The second kappa shape index (κ2) is 9.82. The van der Waals surface area contributed by atoms with Crippen molar-refractivity contribution in [1.29, 1.82) is 0 Å². The minimum atomic E-state index is -2.15. The number of carbonyl (C=O) groups is 2. The quantitative estimate of drug-likeness (QED) is 0.537. The molecule has 1 aromatic rings. The second-order valence-electron chi connectivity index (χ2n) is 11.9. The summed E-state index contributed by atoms with van der Waals surface area (Å²) < 4.78 is 26.0. The van der Waals surface area contributed by atoms with Crippen LogP contribution in [-0.2, 0) is 24.8 Å². The second-order valence-corrected chi connectivity index (χ2v) is 18.2. The van der Waals surface area contributed by atoms with E-state index in [4.69, 9.17) is 9.16 Å². The highest BCUT2D eigenvalue weighted by Gasteiger charge is 2.48. The van der Waals surface area contributed by atoms with Gasteiger partial charge in [-0.05, 0) is 64.4 Å². The molecule has 1 fully saturated rings. The molecule has 1 saturated heterocycles. The van der Waals surface area contributed by atoms with Crippen molar-refractivity contribution in [2.45, 2.75) is 102 Å². The van der Waals surface area contributed by atoms with Crippen LogP contribution in [0.2, 0.25) is 18.1 Å². The minimum absolute atomic E-state index is 0.00324. The lowest BCUT2D eigenvalue weighted by Gasteiger charge is -2.40. The Morgan fingerprint density at radius 3 is 2.26 bits per heavy atom. The van der Waals surface area contributed by atoms with E-state index in [0.29, 0.717) is 28.5 Å². The Morgan fingerprint density at radius 2 is 1.71 bits per heavy atom. The third-order valence-electron chi connectivity index (χ3n) is 6.84. The lowest BCUT2D eigenvalue weighted by Crippen LogP contribution is -2.52. The molecule has 2 aliphatic heterocycles. The molecule has 194 valence electrons. The first-order chi connectivity index (χ1) is 16.0. The number of amides is 2. The molecule has 0 unspecified atom stereocenters. The fourth-order valence-electron chi connectivity index (χ4n) is 3.99. The molecule has 0 saturated carbocycles. The van der Waals surface area contributed by atoms with Crippen LogP contribution in [0.5, 0.6) is 0 Å². The number of aryl methyl sites for hydroxylation is 1. The van der Waals surface area contributed by atoms with Gasteiger partial charge >= 0.3 is 6.09 Å². The Hall–Kier alpha value is -1.97. The average molecular weight is 521 g/mol. The van der Waals surface area contributed by atoms with Crippen molar-refractivity contribution in [3.63, 3.8) is 0 Å². The summed E-state index contributed by atoms with van der Waals surface area (Å²) in [5.74, 6) is -0.211. The van der Waals surface area contributed by atoms with Gasteiger partial charge in [-0.2, -0.15) is 0 Å². The van der Waals surface area contributed by atoms with E-state index in [9.17, 15) is 13.8 Å². The zero-order chi connectivity index (χ0) is 26.3. The fraction of sp³-hybridized carbons (Fsp3) is 0.615. The van der Waals surface area contributed by atoms with E-state index in [1.54, 1.807) is 25.7 Å². The molecule has 0 spiro atoms. The first kappa shape index (κ1) is 27.6. The van der Waals surface area contributed by atoms with Crippen molar-refractivity contribution in [2.24, 2.45) is 0 Å². The standard InChI is InChI=1S/C26H40N2O5SSi/c1-17-10-12-18(13-11-17)34(31)21-16-19(27-24(30)32-25(2,3)4)23(29)28-15-14-20(22(21)28)33-35(8,9)26(5,6)7/h10-13,19-20H,14-16H2,1-9H3,(H,27,30)/t19-,20+,34+/m1/s1. The van der Waals surface area contributed by atoms with Crippen LogP contribution >= 0.6 is 0 Å². The van der Waals surface area contributed by atoms with Crippen LogP contribution in [0, 0.1) is 6.92 Å². The number of ether oxygens (including phenoxy) is 1. The number of hydrogen-bond acceptors (Lipinski definition) is 5. The topological polar surface area (TPSA) is 84.9 Å². The lowest BCUT2D eigenvalue weighted by atomic mass is 10.1. The van der Waals surface area contributed by atoms with Crippen molar-refractivity contribution in [1.82, 2.24) is 10.2 Å². The maximum absolute atomic E-state index is 13.9. The van der Waals surface area contributed by atoms with Crippen LogP contribution in [0.1, 0.15) is 59.9 Å². The van der Waals surface area contributed by atoms with Crippen LogP contribution in [0.25, 0.3) is 0 Å². The van der Waals surface area contributed by atoms with Crippen molar-refractivity contribution >= 4 is 31.1 Å². The van der Waals surface area contributed by atoms with Gasteiger partial charge in [0.15, 0.2) is 8.32 Å². The normalized spacial score (nSPS) is 22.2. The monoisotopic (exact) mass is 520 g/mol. The molecule has 2 heterocycles. The summed E-state index contributed by atoms with van der Waals surface area (Å²) >= 11 is 0. The minimum Gasteiger partial charge on any atom is -0.444 e. The fourth-order valence-corrected chi connectivity index (χ4v) is 6.70. The smallest absolute Gasteiger partial charge is 0.408 e. The van der Waals surface area contributed by atoms with Crippen LogP contribution in [0.4, 0.5) is 4.79 Å². The first-order valence-electron chi connectivity index (χ1n) is 12.2. The third kappa shape index (κ3) is 6.24. The van der Waals surface area contributed by atoms with Crippen LogP contribution in [-0.4, -0.2) is 53.7 Å². The maximum atomic E-state index is 13.9. The maximum Gasteiger partial charge on any atom is 0.408 e. The van der Waals surface area contributed by atoms with Gasteiger partial charge in [0.2, 0.25) is 5.91 Å². The van der Waals surface area contributed by atoms with E-state index in [2.05, 4.69) is 39.2 Å². The van der Waals surface area contributed by atoms with Gasteiger partial charge in [0.25, 0.3) is 0 Å². The van der Waals surface area contributed by atoms with Crippen LogP contribution in [0.3, 0.4) is 0 Å². The summed E-state index contributed by atoms with van der Waals surface area (Å²) in [6, 6.07) is 6.73. The van der Waals surface area contributed by atoms with Gasteiger partial charge in [0.05, 0.1) is 22.6 Å². The molecule has 0 bridgehead atoms. The van der Waals surface area contributed by atoms with E-state index in [1.807, 2.05) is 31.2 Å². The van der Waals surface area contributed by atoms with Crippen LogP contribution in [0.15, 0.2) is 39.8 Å². The summed E-state index contributed by atoms with van der Waals surface area (Å²) in [6.45, 7) is 18.7. The summed E-state index contributed by atoms with van der Waals surface area (Å²) in [6.07, 6.45) is -0.164. The zero-order valence-corrected chi connectivity index (χ0v) is 24.3. The van der Waals surface area contributed by atoms with Gasteiger partial charge in [0, 0.05) is 22.8 Å². The molecule has 0 aromatic heterocycles. The van der Waals surface area contributed by atoms with Crippen molar-refractivity contribution in [3.05, 3.63) is 40.4 Å². The molecular weight excluding hydrogens is 480 g/mol. The molecule has 3 rings (SSSR count). The van der Waals surface area contributed by atoms with Crippen molar-refractivity contribution < 1.29 is 23.0 Å². The van der Waals surface area contributed by atoms with Crippen molar-refractivity contribution in [2.75, 3.05) is 6.54 Å². The number of nitrogens with zero attached hydrogens (tertiary/aromatic N) is 1. The molecule has 2 aliphatic rings. The summed E-state index contributed by atoms with van der Waals surface area (Å²) in [5, 5.41) is 2.71. The Balaban J connectivity index is 2.01. The number of nitrogens with one attached hydrogen (secondary N) is 1. The Labute approximate surface area is 213 Å². The number of benzene rings is 1. The first-order valence-corrected chi connectivity index (χ1v) is 16.3. The summed E-state index contributed by atoms with van der Waals surface area (Å²) in [4.78, 5) is 28.9. The van der Waals surface area contributed by atoms with Crippen molar-refractivity contribution in [3.8, 4) is 0 Å². The Bertz CT molecular complexity index is 1040. The van der Waals surface area contributed by atoms with E-state index < -0.39 is 36.9 Å². The SMILES string of the molecule is Cc1ccc([S@](=O)C2=C3[C@@H](O[Si](C)(C)C(C)(C)C)CCN3C(=O)[C@H](NC(=O)OC(C)(C)C)C2)cc1. The van der Waals surface area contributed by atoms with E-state index in [-0.39, 0.29) is 23.5 Å². The highest BCUT2D eigenvalue weighted by atomic mass is 32.2. The van der Waals surface area contributed by atoms with Gasteiger partial charge < -0.3 is 19.4 Å². The zero-order valence-electron chi connectivity index (χ0n) is 22.5. The van der Waals surface area contributed by atoms with Crippen LogP contribution < -0.4 is 5.32 Å². The predicted octanol–water partition coefficient (Wildman–Crippen LogP) is 5.23. The Morgan fingerprint density at radius 1 is 1.11 bits per heavy atom. The van der Waals surface area contributed by atoms with E-state index >= 15 is 0 Å². The highest BCUT2D eigenvalue weighted by molar-refractivity contribution is 7.89.